The van der Waals surface area contributed by atoms with Gasteiger partial charge in [-0.3, -0.25) is 9.59 Å². The van der Waals surface area contributed by atoms with Crippen LogP contribution in [0.15, 0.2) is 83.8 Å². The van der Waals surface area contributed by atoms with Crippen molar-refractivity contribution in [1.82, 2.24) is 14.5 Å². The zero-order valence-electron chi connectivity index (χ0n) is 22.4. The molecule has 0 spiro atoms. The first-order valence-corrected chi connectivity index (χ1v) is 14.6. The van der Waals surface area contributed by atoms with E-state index >= 15 is 0 Å². The molecule has 1 N–H and O–H groups in total. The number of aryl methyl sites for hydroxylation is 1. The van der Waals surface area contributed by atoms with Gasteiger partial charge in [0.2, 0.25) is 21.8 Å². The van der Waals surface area contributed by atoms with E-state index in [1.165, 1.54) is 4.31 Å². The molecular formula is C30H35N3O5S. The number of amides is 2. The Balaban J connectivity index is 1.54. The van der Waals surface area contributed by atoms with Gasteiger partial charge in [0, 0.05) is 33.1 Å². The van der Waals surface area contributed by atoms with Crippen molar-refractivity contribution < 1.29 is 22.7 Å². The summed E-state index contributed by atoms with van der Waals surface area (Å²) in [5, 5.41) is 2.71. The van der Waals surface area contributed by atoms with Gasteiger partial charge in [-0.05, 0) is 60.2 Å². The van der Waals surface area contributed by atoms with Gasteiger partial charge in [0.05, 0.1) is 12.0 Å². The monoisotopic (exact) mass is 549 g/mol. The smallest absolute Gasteiger partial charge is 0.247 e. The molecule has 206 valence electrons. The van der Waals surface area contributed by atoms with Crippen LogP contribution >= 0.6 is 0 Å². The van der Waals surface area contributed by atoms with Crippen molar-refractivity contribution in [2.75, 3.05) is 27.2 Å². The minimum atomic E-state index is -3.49. The Bertz CT molecular complexity index is 1350. The Morgan fingerprint density at radius 3 is 2.13 bits per heavy atom. The first-order chi connectivity index (χ1) is 18.8. The van der Waals surface area contributed by atoms with Gasteiger partial charge >= 0.3 is 0 Å². The third-order valence-electron chi connectivity index (χ3n) is 7.01. The summed E-state index contributed by atoms with van der Waals surface area (Å²) in [6, 6.07) is 22.6. The molecule has 0 radical (unpaired) electrons. The second-order valence-electron chi connectivity index (χ2n) is 9.55. The molecule has 1 aliphatic heterocycles. The molecule has 3 aromatic rings. The van der Waals surface area contributed by atoms with Gasteiger partial charge in [-0.2, -0.15) is 4.31 Å². The molecule has 0 saturated carbocycles. The van der Waals surface area contributed by atoms with Crippen LogP contribution < -0.4 is 10.1 Å². The Morgan fingerprint density at radius 2 is 1.54 bits per heavy atom. The van der Waals surface area contributed by atoms with Gasteiger partial charge in [-0.1, -0.05) is 54.6 Å². The summed E-state index contributed by atoms with van der Waals surface area (Å²) in [5.41, 5.74) is 2.44. The summed E-state index contributed by atoms with van der Waals surface area (Å²) in [7, 11) is -0.334. The molecule has 4 rings (SSSR count). The maximum Gasteiger partial charge on any atom is 0.247 e. The SMILES string of the molecule is CNC(=O)C(c1ccccc1)N(Cc1ccc(OC)cc1)C(=O)CCc1ccc(S(=O)(=O)N2CCCC2)cc1. The number of ether oxygens (including phenoxy) is 1. The molecule has 1 aliphatic rings. The number of methoxy groups -OCH3 is 1. The number of hydrogen-bond acceptors (Lipinski definition) is 5. The molecule has 3 aromatic carbocycles. The minimum Gasteiger partial charge on any atom is -0.497 e. The molecule has 9 heteroatoms. The van der Waals surface area contributed by atoms with Gasteiger partial charge in [0.15, 0.2) is 0 Å². The van der Waals surface area contributed by atoms with Crippen LogP contribution in [0.3, 0.4) is 0 Å². The number of sulfonamides is 1. The fraction of sp³-hybridized carbons (Fsp3) is 0.333. The summed E-state index contributed by atoms with van der Waals surface area (Å²) in [6.07, 6.45) is 2.34. The van der Waals surface area contributed by atoms with Gasteiger partial charge in [-0.25, -0.2) is 8.42 Å². The number of rotatable bonds is 11. The summed E-state index contributed by atoms with van der Waals surface area (Å²) in [5.74, 6) is 0.245. The average Bonchev–Trinajstić information content (AvgIpc) is 3.53. The van der Waals surface area contributed by atoms with Crippen molar-refractivity contribution in [3.8, 4) is 5.75 Å². The van der Waals surface area contributed by atoms with Crippen LogP contribution in [0, 0.1) is 0 Å². The van der Waals surface area contributed by atoms with E-state index in [0.717, 1.165) is 29.5 Å². The van der Waals surface area contributed by atoms with Gasteiger partial charge in [0.25, 0.3) is 0 Å². The molecule has 0 aliphatic carbocycles. The number of nitrogens with zero attached hydrogens (tertiary/aromatic N) is 2. The number of nitrogens with one attached hydrogen (secondary N) is 1. The van der Waals surface area contributed by atoms with Gasteiger partial charge in [-0.15, -0.1) is 0 Å². The highest BCUT2D eigenvalue weighted by molar-refractivity contribution is 7.89. The fourth-order valence-electron chi connectivity index (χ4n) is 4.80. The molecule has 0 aromatic heterocycles. The minimum absolute atomic E-state index is 0.161. The van der Waals surface area contributed by atoms with Crippen LogP contribution in [-0.4, -0.2) is 56.7 Å². The van der Waals surface area contributed by atoms with Crippen molar-refractivity contribution >= 4 is 21.8 Å². The Labute approximate surface area is 230 Å². The van der Waals surface area contributed by atoms with Crippen LogP contribution in [0.2, 0.25) is 0 Å². The molecule has 1 atom stereocenters. The molecular weight excluding hydrogens is 514 g/mol. The maximum atomic E-state index is 13.7. The van der Waals surface area contributed by atoms with Crippen LogP contribution in [-0.2, 0) is 32.6 Å². The zero-order valence-corrected chi connectivity index (χ0v) is 23.2. The van der Waals surface area contributed by atoms with E-state index in [4.69, 9.17) is 4.74 Å². The van der Waals surface area contributed by atoms with E-state index in [2.05, 4.69) is 5.32 Å². The highest BCUT2D eigenvalue weighted by atomic mass is 32.2. The van der Waals surface area contributed by atoms with E-state index in [9.17, 15) is 18.0 Å². The third kappa shape index (κ3) is 6.85. The van der Waals surface area contributed by atoms with Crippen LogP contribution in [0.5, 0.6) is 5.75 Å². The number of benzene rings is 3. The molecule has 0 bridgehead atoms. The molecule has 1 unspecified atom stereocenters. The zero-order chi connectivity index (χ0) is 27.8. The second-order valence-corrected chi connectivity index (χ2v) is 11.5. The lowest BCUT2D eigenvalue weighted by Gasteiger charge is -2.31. The predicted molar refractivity (Wildman–Crippen MR) is 150 cm³/mol. The van der Waals surface area contributed by atoms with E-state index in [0.29, 0.717) is 25.3 Å². The van der Waals surface area contributed by atoms with Crippen molar-refractivity contribution in [2.24, 2.45) is 0 Å². The van der Waals surface area contributed by atoms with E-state index in [-0.39, 0.29) is 29.7 Å². The summed E-state index contributed by atoms with van der Waals surface area (Å²) in [6.45, 7) is 1.34. The molecule has 1 fully saturated rings. The Hall–Kier alpha value is -3.69. The van der Waals surface area contributed by atoms with Crippen LogP contribution in [0.1, 0.15) is 42.0 Å². The van der Waals surface area contributed by atoms with Crippen molar-refractivity contribution in [3.63, 3.8) is 0 Å². The second kappa shape index (κ2) is 12.9. The van der Waals surface area contributed by atoms with Crippen molar-refractivity contribution in [2.45, 2.75) is 43.2 Å². The van der Waals surface area contributed by atoms with Crippen molar-refractivity contribution in [3.05, 3.63) is 95.6 Å². The largest absolute Gasteiger partial charge is 0.497 e. The lowest BCUT2D eigenvalue weighted by Crippen LogP contribution is -2.42. The Morgan fingerprint density at radius 1 is 0.923 bits per heavy atom. The average molecular weight is 550 g/mol. The summed E-state index contributed by atoms with van der Waals surface area (Å²) < 4.78 is 32.4. The Kier molecular flexibility index (Phi) is 9.37. The number of carbonyl (C=O) groups is 2. The highest BCUT2D eigenvalue weighted by Crippen LogP contribution is 2.26. The third-order valence-corrected chi connectivity index (χ3v) is 8.92. The first kappa shape index (κ1) is 28.3. The lowest BCUT2D eigenvalue weighted by molar-refractivity contribution is -0.141. The quantitative estimate of drug-likeness (QED) is 0.391. The van der Waals surface area contributed by atoms with E-state index in [1.54, 1.807) is 43.3 Å². The maximum absolute atomic E-state index is 13.7. The van der Waals surface area contributed by atoms with Crippen LogP contribution in [0.4, 0.5) is 0 Å². The molecule has 8 nitrogen and oxygen atoms in total. The number of hydrogen-bond donors (Lipinski definition) is 1. The molecule has 1 heterocycles. The topological polar surface area (TPSA) is 96.0 Å². The lowest BCUT2D eigenvalue weighted by atomic mass is 10.0. The normalized spacial score (nSPS) is 14.5. The standard InChI is InChI=1S/C30H35N3O5S/c1-31-30(35)29(25-8-4-3-5-9-25)33(22-24-10-15-26(38-2)16-11-24)28(34)19-14-23-12-17-27(18-13-23)39(36,37)32-20-6-7-21-32/h3-5,8-13,15-18,29H,6-7,14,19-22H2,1-2H3,(H,31,35). The molecule has 1 saturated heterocycles. The summed E-state index contributed by atoms with van der Waals surface area (Å²) in [4.78, 5) is 28.6. The van der Waals surface area contributed by atoms with Crippen LogP contribution in [0.25, 0.3) is 0 Å². The highest BCUT2D eigenvalue weighted by Gasteiger charge is 2.31. The first-order valence-electron chi connectivity index (χ1n) is 13.1. The molecule has 39 heavy (non-hydrogen) atoms. The van der Waals surface area contributed by atoms with Crippen molar-refractivity contribution in [1.29, 1.82) is 0 Å². The van der Waals surface area contributed by atoms with Gasteiger partial charge < -0.3 is 15.0 Å². The number of likely N-dealkylation sites (N-methyl/N-ethyl adjacent to an activating group) is 1. The van der Waals surface area contributed by atoms with E-state index in [1.807, 2.05) is 54.6 Å². The van der Waals surface area contributed by atoms with E-state index < -0.39 is 16.1 Å². The number of carbonyl (C=O) groups excluding carboxylic acids is 2. The fourth-order valence-corrected chi connectivity index (χ4v) is 6.31. The predicted octanol–water partition coefficient (Wildman–Crippen LogP) is 3.93. The molecule has 2 amide bonds. The summed E-state index contributed by atoms with van der Waals surface area (Å²) >= 11 is 0. The van der Waals surface area contributed by atoms with Gasteiger partial charge in [0.1, 0.15) is 11.8 Å².